The Morgan fingerprint density at radius 3 is 2.80 bits per heavy atom. The standard InChI is InChI=1S/C12H22N2O/c1-2-4-11-12(15)14(9-13-11)8-7-10-5-3-6-10/h10-11,13H,2-9H2,1H3. The number of carbonyl (C=O) groups excluding carboxylic acids is 1. The second-order valence-electron chi connectivity index (χ2n) is 4.89. The molecule has 2 rings (SSSR count). The van der Waals surface area contributed by atoms with E-state index in [4.69, 9.17) is 0 Å². The zero-order valence-corrected chi connectivity index (χ0v) is 9.67. The quantitative estimate of drug-likeness (QED) is 0.749. The Morgan fingerprint density at radius 2 is 2.20 bits per heavy atom. The van der Waals surface area contributed by atoms with Crippen molar-refractivity contribution in [1.29, 1.82) is 0 Å². The summed E-state index contributed by atoms with van der Waals surface area (Å²) in [7, 11) is 0. The Labute approximate surface area is 92.2 Å². The maximum absolute atomic E-state index is 11.9. The van der Waals surface area contributed by atoms with Gasteiger partial charge in [0.15, 0.2) is 0 Å². The van der Waals surface area contributed by atoms with Crippen LogP contribution in [0.3, 0.4) is 0 Å². The molecule has 0 aromatic heterocycles. The first-order valence-electron chi connectivity index (χ1n) is 6.33. The average molecular weight is 210 g/mol. The van der Waals surface area contributed by atoms with E-state index in [1.165, 1.54) is 25.7 Å². The lowest BCUT2D eigenvalue weighted by Gasteiger charge is -2.27. The first-order valence-corrected chi connectivity index (χ1v) is 6.33. The van der Waals surface area contributed by atoms with Gasteiger partial charge in [0.05, 0.1) is 12.7 Å². The van der Waals surface area contributed by atoms with Crippen LogP contribution >= 0.6 is 0 Å². The lowest BCUT2D eigenvalue weighted by atomic mass is 9.83. The molecule has 1 saturated heterocycles. The van der Waals surface area contributed by atoms with Gasteiger partial charge in [-0.1, -0.05) is 32.6 Å². The second-order valence-corrected chi connectivity index (χ2v) is 4.89. The van der Waals surface area contributed by atoms with Crippen molar-refractivity contribution in [3.8, 4) is 0 Å². The highest BCUT2D eigenvalue weighted by Gasteiger charge is 2.30. The summed E-state index contributed by atoms with van der Waals surface area (Å²) in [5, 5.41) is 3.29. The van der Waals surface area contributed by atoms with Gasteiger partial charge in [0.2, 0.25) is 5.91 Å². The minimum Gasteiger partial charge on any atom is -0.329 e. The summed E-state index contributed by atoms with van der Waals surface area (Å²) in [6.07, 6.45) is 7.45. The lowest BCUT2D eigenvalue weighted by molar-refractivity contribution is -0.129. The van der Waals surface area contributed by atoms with Crippen LogP contribution < -0.4 is 5.32 Å². The van der Waals surface area contributed by atoms with Gasteiger partial charge >= 0.3 is 0 Å². The molecule has 3 nitrogen and oxygen atoms in total. The molecule has 0 radical (unpaired) electrons. The third kappa shape index (κ3) is 2.51. The van der Waals surface area contributed by atoms with Crippen LogP contribution in [0.4, 0.5) is 0 Å². The number of carbonyl (C=O) groups is 1. The molecule has 1 saturated carbocycles. The summed E-state index contributed by atoms with van der Waals surface area (Å²) < 4.78 is 0. The highest BCUT2D eigenvalue weighted by Crippen LogP contribution is 2.29. The molecule has 1 aliphatic carbocycles. The fourth-order valence-corrected chi connectivity index (χ4v) is 2.43. The van der Waals surface area contributed by atoms with Crippen molar-refractivity contribution >= 4 is 5.91 Å². The Balaban J connectivity index is 1.71. The van der Waals surface area contributed by atoms with Gasteiger partial charge in [-0.2, -0.15) is 0 Å². The molecule has 1 N–H and O–H groups in total. The predicted molar refractivity (Wildman–Crippen MR) is 60.4 cm³/mol. The Kier molecular flexibility index (Phi) is 3.62. The molecule has 1 unspecified atom stereocenters. The lowest BCUT2D eigenvalue weighted by Crippen LogP contribution is -2.32. The Bertz CT molecular complexity index is 226. The predicted octanol–water partition coefficient (Wildman–Crippen LogP) is 1.73. The van der Waals surface area contributed by atoms with E-state index in [0.717, 1.165) is 32.0 Å². The highest BCUT2D eigenvalue weighted by molar-refractivity contribution is 5.83. The van der Waals surface area contributed by atoms with E-state index < -0.39 is 0 Å². The second kappa shape index (κ2) is 4.97. The van der Waals surface area contributed by atoms with E-state index >= 15 is 0 Å². The minimum absolute atomic E-state index is 0.108. The van der Waals surface area contributed by atoms with Crippen LogP contribution in [0.5, 0.6) is 0 Å². The molecular formula is C12H22N2O. The average Bonchev–Trinajstić information content (AvgIpc) is 2.48. The SMILES string of the molecule is CCCC1NCN(CCC2CCC2)C1=O. The molecule has 2 aliphatic rings. The largest absolute Gasteiger partial charge is 0.329 e. The van der Waals surface area contributed by atoms with Gasteiger partial charge in [-0.25, -0.2) is 0 Å². The van der Waals surface area contributed by atoms with Gasteiger partial charge < -0.3 is 4.90 Å². The molecule has 0 aromatic carbocycles. The van der Waals surface area contributed by atoms with E-state index in [2.05, 4.69) is 12.2 Å². The maximum atomic E-state index is 11.9. The third-order valence-corrected chi connectivity index (χ3v) is 3.75. The summed E-state index contributed by atoms with van der Waals surface area (Å²) in [4.78, 5) is 13.9. The Hall–Kier alpha value is -0.570. The van der Waals surface area contributed by atoms with Crippen LogP contribution in [-0.4, -0.2) is 30.1 Å². The van der Waals surface area contributed by atoms with Crippen molar-refractivity contribution in [2.24, 2.45) is 5.92 Å². The van der Waals surface area contributed by atoms with Crippen LogP contribution in [0, 0.1) is 5.92 Å². The van der Waals surface area contributed by atoms with Crippen molar-refractivity contribution < 1.29 is 4.79 Å². The van der Waals surface area contributed by atoms with Crippen LogP contribution in [0.25, 0.3) is 0 Å². The van der Waals surface area contributed by atoms with Gasteiger partial charge in [-0.05, 0) is 18.8 Å². The molecule has 0 aromatic rings. The number of hydrogen-bond donors (Lipinski definition) is 1. The molecule has 1 aliphatic heterocycles. The Morgan fingerprint density at radius 1 is 1.40 bits per heavy atom. The summed E-state index contributed by atoms with van der Waals surface area (Å²) in [5.74, 6) is 1.24. The summed E-state index contributed by atoms with van der Waals surface area (Å²) in [6.45, 7) is 3.87. The van der Waals surface area contributed by atoms with E-state index in [1.807, 2.05) is 4.90 Å². The van der Waals surface area contributed by atoms with E-state index in [1.54, 1.807) is 0 Å². The topological polar surface area (TPSA) is 32.3 Å². The van der Waals surface area contributed by atoms with Crippen LogP contribution in [0.1, 0.15) is 45.4 Å². The molecule has 0 spiro atoms. The number of nitrogens with one attached hydrogen (secondary N) is 1. The molecule has 1 heterocycles. The van der Waals surface area contributed by atoms with Crippen molar-refractivity contribution in [1.82, 2.24) is 10.2 Å². The van der Waals surface area contributed by atoms with Crippen molar-refractivity contribution in [3.63, 3.8) is 0 Å². The molecule has 86 valence electrons. The highest BCUT2D eigenvalue weighted by atomic mass is 16.2. The van der Waals surface area contributed by atoms with Crippen LogP contribution in [0.15, 0.2) is 0 Å². The van der Waals surface area contributed by atoms with E-state index in [-0.39, 0.29) is 6.04 Å². The third-order valence-electron chi connectivity index (χ3n) is 3.75. The number of amides is 1. The van der Waals surface area contributed by atoms with E-state index in [9.17, 15) is 4.79 Å². The number of nitrogens with zero attached hydrogens (tertiary/aromatic N) is 1. The van der Waals surface area contributed by atoms with Gasteiger partial charge in [0.1, 0.15) is 0 Å². The smallest absolute Gasteiger partial charge is 0.240 e. The molecule has 2 fully saturated rings. The zero-order valence-electron chi connectivity index (χ0n) is 9.67. The van der Waals surface area contributed by atoms with Crippen molar-refractivity contribution in [3.05, 3.63) is 0 Å². The first-order chi connectivity index (χ1) is 7.31. The maximum Gasteiger partial charge on any atom is 0.240 e. The number of rotatable bonds is 5. The molecule has 0 bridgehead atoms. The van der Waals surface area contributed by atoms with Gasteiger partial charge in [-0.15, -0.1) is 0 Å². The van der Waals surface area contributed by atoms with E-state index in [0.29, 0.717) is 5.91 Å². The monoisotopic (exact) mass is 210 g/mol. The molecule has 1 atom stereocenters. The number of hydrogen-bond acceptors (Lipinski definition) is 2. The van der Waals surface area contributed by atoms with Gasteiger partial charge in [-0.3, -0.25) is 10.1 Å². The minimum atomic E-state index is 0.108. The molecule has 1 amide bonds. The van der Waals surface area contributed by atoms with Gasteiger partial charge in [0.25, 0.3) is 0 Å². The van der Waals surface area contributed by atoms with Crippen LogP contribution in [-0.2, 0) is 4.79 Å². The summed E-state index contributed by atoms with van der Waals surface area (Å²) in [5.41, 5.74) is 0. The van der Waals surface area contributed by atoms with Gasteiger partial charge in [0, 0.05) is 6.54 Å². The molecule has 3 heteroatoms. The van der Waals surface area contributed by atoms with Crippen molar-refractivity contribution in [2.75, 3.05) is 13.2 Å². The molecular weight excluding hydrogens is 188 g/mol. The van der Waals surface area contributed by atoms with Crippen molar-refractivity contribution in [2.45, 2.75) is 51.5 Å². The summed E-state index contributed by atoms with van der Waals surface area (Å²) in [6, 6.07) is 0.108. The van der Waals surface area contributed by atoms with Crippen LogP contribution in [0.2, 0.25) is 0 Å². The fraction of sp³-hybridized carbons (Fsp3) is 0.917. The summed E-state index contributed by atoms with van der Waals surface area (Å²) >= 11 is 0. The zero-order chi connectivity index (χ0) is 10.7. The normalized spacial score (nSPS) is 27.1. The molecule has 15 heavy (non-hydrogen) atoms. The first kappa shape index (κ1) is 10.9. The fourth-order valence-electron chi connectivity index (χ4n) is 2.43.